The zero-order valence-electron chi connectivity index (χ0n) is 21.1. The van der Waals surface area contributed by atoms with Crippen molar-refractivity contribution in [3.05, 3.63) is 41.2 Å². The van der Waals surface area contributed by atoms with Crippen molar-refractivity contribution >= 4 is 72.4 Å². The summed E-state index contributed by atoms with van der Waals surface area (Å²) in [4.78, 5) is 37.3. The minimum absolute atomic E-state index is 0.0134. The maximum atomic E-state index is 13.7. The summed E-state index contributed by atoms with van der Waals surface area (Å²) in [7, 11) is -2.10. The van der Waals surface area contributed by atoms with Crippen molar-refractivity contribution in [2.24, 2.45) is 0 Å². The molecule has 16 heteroatoms. The van der Waals surface area contributed by atoms with E-state index >= 15 is 0 Å². The second-order valence-electron chi connectivity index (χ2n) is 9.53. The molecule has 2 fully saturated rings. The van der Waals surface area contributed by atoms with Gasteiger partial charge in [-0.3, -0.25) is 4.79 Å². The summed E-state index contributed by atoms with van der Waals surface area (Å²) in [5, 5.41) is 2.07. The Hall–Kier alpha value is -3.30. The number of carbonyl (C=O) groups is 2. The number of anilines is 3. The predicted octanol–water partition coefficient (Wildman–Crippen LogP) is 2.49. The average Bonchev–Trinajstić information content (AvgIpc) is 3.62. The van der Waals surface area contributed by atoms with Gasteiger partial charge in [0.1, 0.15) is 22.9 Å². The molecule has 2 N–H and O–H groups in total. The average molecular weight is 615 g/mol. The fraction of sp³-hybridized carbons (Fsp3) is 0.417. The van der Waals surface area contributed by atoms with Crippen molar-refractivity contribution in [1.29, 1.82) is 0 Å². The number of fused-ring (bicyclic) bond motifs is 1. The molecule has 2 aliphatic heterocycles. The Morgan fingerprint density at radius 2 is 2.12 bits per heavy atom. The molecule has 0 aliphatic carbocycles. The van der Waals surface area contributed by atoms with Gasteiger partial charge in [0.25, 0.3) is 5.92 Å². The fourth-order valence-corrected chi connectivity index (χ4v) is 7.19. The molecule has 0 bridgehead atoms. The zero-order valence-corrected chi connectivity index (χ0v) is 23.6. The summed E-state index contributed by atoms with van der Waals surface area (Å²) in [5.41, 5.74) is 6.50. The molecule has 1 amide bonds. The molecule has 2 aromatic heterocycles. The molecule has 1 aromatic carbocycles. The van der Waals surface area contributed by atoms with Gasteiger partial charge in [0.15, 0.2) is 5.13 Å². The number of amides is 1. The van der Waals surface area contributed by atoms with Gasteiger partial charge < -0.3 is 20.3 Å². The summed E-state index contributed by atoms with van der Waals surface area (Å²) in [6.45, 7) is -0.350. The van der Waals surface area contributed by atoms with Crippen LogP contribution in [-0.2, 0) is 31.6 Å². The van der Waals surface area contributed by atoms with E-state index in [1.165, 1.54) is 23.1 Å². The van der Waals surface area contributed by atoms with Crippen molar-refractivity contribution in [3.8, 4) is 0 Å². The number of nitrogen functional groups attached to an aromatic ring is 1. The van der Waals surface area contributed by atoms with Crippen molar-refractivity contribution < 1.29 is 31.5 Å². The van der Waals surface area contributed by atoms with Crippen LogP contribution in [0.1, 0.15) is 18.4 Å². The summed E-state index contributed by atoms with van der Waals surface area (Å²) < 4.78 is 57.9. The molecule has 0 radical (unpaired) electrons. The van der Waals surface area contributed by atoms with Crippen LogP contribution in [0.15, 0.2) is 30.6 Å². The maximum absolute atomic E-state index is 13.7. The lowest BCUT2D eigenvalue weighted by Crippen LogP contribution is -2.48. The third kappa shape index (κ3) is 5.37. The van der Waals surface area contributed by atoms with Crippen molar-refractivity contribution in [3.63, 3.8) is 0 Å². The Kier molecular flexibility index (Phi) is 7.72. The molecule has 2 aliphatic rings. The Morgan fingerprint density at radius 3 is 2.80 bits per heavy atom. The first kappa shape index (κ1) is 28.2. The standard InChI is InChI=1S/C24H25ClF2N6O5S2/c1-38-22(35)18(9-14-8-13-2-5-29-20(28)15(13)10-16(14)25)32-6-3-17(21(32)34)33(40(36)37)19-11-30-23(39-19)31-7-4-24(26,27)12-31/h2,5,8,10-11,17-18,40H,3-4,6-7,9,12H2,1H3,(H2,28,29)/t17-,18+/m0/s1. The number of halogens is 3. The number of hydrogen-bond acceptors (Lipinski definition) is 10. The third-order valence-electron chi connectivity index (χ3n) is 7.05. The number of ether oxygens (including phenoxy) is 1. The Morgan fingerprint density at radius 1 is 1.35 bits per heavy atom. The lowest BCUT2D eigenvalue weighted by molar-refractivity contribution is -0.151. The molecule has 214 valence electrons. The van der Waals surface area contributed by atoms with Gasteiger partial charge in [0.05, 0.1) is 19.9 Å². The molecular formula is C24H25ClF2N6O5S2. The Bertz CT molecular complexity index is 1550. The lowest BCUT2D eigenvalue weighted by atomic mass is 10.0. The van der Waals surface area contributed by atoms with Crippen LogP contribution in [-0.4, -0.2) is 79.9 Å². The van der Waals surface area contributed by atoms with E-state index in [0.717, 1.165) is 21.0 Å². The number of hydrogen-bond donors (Lipinski definition) is 2. The van der Waals surface area contributed by atoms with Crippen LogP contribution in [0.4, 0.5) is 24.7 Å². The minimum atomic E-state index is -3.29. The highest BCUT2D eigenvalue weighted by molar-refractivity contribution is 7.74. The molecule has 5 rings (SSSR count). The highest BCUT2D eigenvalue weighted by Gasteiger charge is 2.44. The lowest BCUT2D eigenvalue weighted by Gasteiger charge is -2.28. The van der Waals surface area contributed by atoms with E-state index in [0.29, 0.717) is 21.8 Å². The van der Waals surface area contributed by atoms with Crippen molar-refractivity contribution in [2.75, 3.05) is 41.7 Å². The maximum Gasteiger partial charge on any atom is 0.328 e. The number of nitrogens with zero attached hydrogens (tertiary/aromatic N) is 5. The number of esters is 1. The number of likely N-dealkylation sites (tertiary alicyclic amines) is 1. The van der Waals surface area contributed by atoms with E-state index in [4.69, 9.17) is 22.1 Å². The summed E-state index contributed by atoms with van der Waals surface area (Å²) >= 11 is 7.41. The molecule has 11 nitrogen and oxygen atoms in total. The number of methoxy groups -OCH3 is 1. The SMILES string of the molecule is COC(=O)[C@@H](Cc1cc2ccnc(N)c2cc1Cl)N1CC[C@H](N(c2cnc(N3CCC(F)(F)C3)s2)[SH](=O)=O)C1=O. The number of thiol groups is 1. The predicted molar refractivity (Wildman–Crippen MR) is 147 cm³/mol. The van der Waals surface area contributed by atoms with Gasteiger partial charge in [0.2, 0.25) is 16.8 Å². The van der Waals surface area contributed by atoms with Gasteiger partial charge >= 0.3 is 5.97 Å². The molecule has 4 heterocycles. The first-order valence-corrected chi connectivity index (χ1v) is 14.5. The summed E-state index contributed by atoms with van der Waals surface area (Å²) in [6, 6.07) is 2.92. The number of rotatable bonds is 8. The number of aromatic nitrogens is 2. The number of nitrogens with two attached hydrogens (primary N) is 1. The van der Waals surface area contributed by atoms with Gasteiger partial charge in [-0.1, -0.05) is 22.9 Å². The highest BCUT2D eigenvalue weighted by atomic mass is 35.5. The van der Waals surface area contributed by atoms with Gasteiger partial charge in [-0.25, -0.2) is 36.3 Å². The van der Waals surface area contributed by atoms with Crippen LogP contribution >= 0.6 is 22.9 Å². The minimum Gasteiger partial charge on any atom is -0.467 e. The van der Waals surface area contributed by atoms with Crippen LogP contribution in [0.2, 0.25) is 5.02 Å². The second kappa shape index (κ2) is 10.9. The highest BCUT2D eigenvalue weighted by Crippen LogP contribution is 2.38. The smallest absolute Gasteiger partial charge is 0.328 e. The van der Waals surface area contributed by atoms with E-state index in [2.05, 4.69) is 9.97 Å². The molecule has 0 unspecified atom stereocenters. The third-order valence-corrected chi connectivity index (χ3v) is 9.45. The van der Waals surface area contributed by atoms with E-state index in [1.54, 1.807) is 24.4 Å². The normalized spacial score (nSPS) is 19.5. The number of alkyl halides is 2. The van der Waals surface area contributed by atoms with Gasteiger partial charge in [-0.2, -0.15) is 0 Å². The van der Waals surface area contributed by atoms with Crippen LogP contribution in [0.25, 0.3) is 10.8 Å². The van der Waals surface area contributed by atoms with Gasteiger partial charge in [0, 0.05) is 42.5 Å². The quantitative estimate of drug-likeness (QED) is 0.289. The number of benzene rings is 1. The van der Waals surface area contributed by atoms with Crippen LogP contribution in [0, 0.1) is 0 Å². The summed E-state index contributed by atoms with van der Waals surface area (Å²) in [6.07, 6.45) is 2.58. The molecule has 2 saturated heterocycles. The first-order chi connectivity index (χ1) is 19.0. The molecular weight excluding hydrogens is 590 g/mol. The van der Waals surface area contributed by atoms with Crippen molar-refractivity contribution in [2.45, 2.75) is 37.3 Å². The van der Waals surface area contributed by atoms with Gasteiger partial charge in [-0.05, 0) is 35.6 Å². The van der Waals surface area contributed by atoms with Crippen molar-refractivity contribution in [1.82, 2.24) is 14.9 Å². The van der Waals surface area contributed by atoms with Crippen LogP contribution in [0.3, 0.4) is 0 Å². The van der Waals surface area contributed by atoms with E-state index in [9.17, 15) is 26.8 Å². The molecule has 0 spiro atoms. The molecule has 0 saturated carbocycles. The van der Waals surface area contributed by atoms with Crippen LogP contribution < -0.4 is 14.9 Å². The number of carbonyl (C=O) groups excluding carboxylic acids is 2. The number of pyridine rings is 1. The topological polar surface area (TPSA) is 139 Å². The fourth-order valence-electron chi connectivity index (χ4n) is 5.06. The molecule has 3 aromatic rings. The van der Waals surface area contributed by atoms with Crippen LogP contribution in [0.5, 0.6) is 0 Å². The molecule has 2 atom stereocenters. The van der Waals surface area contributed by atoms with Gasteiger partial charge in [-0.15, -0.1) is 0 Å². The largest absolute Gasteiger partial charge is 0.467 e. The van der Waals surface area contributed by atoms with E-state index in [-0.39, 0.29) is 42.5 Å². The summed E-state index contributed by atoms with van der Waals surface area (Å²) in [5.74, 6) is -3.84. The van der Waals surface area contributed by atoms with E-state index in [1.807, 2.05) is 0 Å². The number of thiazole rings is 1. The van der Waals surface area contributed by atoms with E-state index < -0.39 is 47.3 Å². The zero-order chi connectivity index (χ0) is 28.8. The Balaban J connectivity index is 1.40. The molecule has 40 heavy (non-hydrogen) atoms. The Labute approximate surface area is 238 Å². The first-order valence-electron chi connectivity index (χ1n) is 12.2. The second-order valence-corrected chi connectivity index (χ2v) is 11.8. The monoisotopic (exact) mass is 614 g/mol.